The molecule has 1 aliphatic rings. The number of rotatable bonds is 6. The molecule has 0 saturated carbocycles. The molecule has 2 atom stereocenters. The van der Waals surface area contributed by atoms with Gasteiger partial charge >= 0.3 is 6.03 Å². The maximum atomic E-state index is 12.9. The van der Waals surface area contributed by atoms with Gasteiger partial charge < -0.3 is 10.6 Å². The van der Waals surface area contributed by atoms with Gasteiger partial charge in [-0.2, -0.15) is 0 Å². The van der Waals surface area contributed by atoms with E-state index in [0.717, 1.165) is 11.3 Å². The fraction of sp³-hybridized carbons (Fsp3) is 0.471. The van der Waals surface area contributed by atoms with Crippen molar-refractivity contribution in [2.75, 3.05) is 6.54 Å². The topological polar surface area (TPSA) is 78.5 Å². The van der Waals surface area contributed by atoms with Crippen molar-refractivity contribution >= 4 is 29.4 Å². The van der Waals surface area contributed by atoms with Crippen molar-refractivity contribution in [3.63, 3.8) is 0 Å². The Morgan fingerprint density at radius 1 is 1.29 bits per heavy atom. The number of nitrogens with one attached hydrogen (secondary N) is 2. The minimum atomic E-state index is -1.15. The smallest absolute Gasteiger partial charge is 0.325 e. The van der Waals surface area contributed by atoms with E-state index in [1.807, 2.05) is 20.8 Å². The van der Waals surface area contributed by atoms with Crippen molar-refractivity contribution in [3.8, 4) is 0 Å². The number of nitrogens with zero attached hydrogens (tertiary/aromatic N) is 1. The maximum absolute atomic E-state index is 12.9. The molecule has 2 unspecified atom stereocenters. The summed E-state index contributed by atoms with van der Waals surface area (Å²) in [5, 5.41) is 6.05. The molecule has 1 heterocycles. The Kier molecular flexibility index (Phi) is 5.49. The summed E-state index contributed by atoms with van der Waals surface area (Å²) in [5.41, 5.74) is -0.504. The molecule has 7 heteroatoms. The van der Waals surface area contributed by atoms with Gasteiger partial charge in [-0.3, -0.25) is 14.5 Å². The van der Waals surface area contributed by atoms with Crippen LogP contribution in [0, 0.1) is 0 Å². The number of carbonyl (C=O) groups is 3. The van der Waals surface area contributed by atoms with Crippen LogP contribution in [0.3, 0.4) is 0 Å². The van der Waals surface area contributed by atoms with E-state index in [0.29, 0.717) is 17.0 Å². The van der Waals surface area contributed by atoms with E-state index in [-0.39, 0.29) is 18.5 Å². The molecule has 2 N–H and O–H groups in total. The molecule has 0 radical (unpaired) electrons. The highest BCUT2D eigenvalue weighted by Crippen LogP contribution is 2.32. The molecule has 6 nitrogen and oxygen atoms in total. The summed E-state index contributed by atoms with van der Waals surface area (Å²) < 4.78 is 0. The zero-order valence-electron chi connectivity index (χ0n) is 14.1. The Balaban J connectivity index is 2.23. The van der Waals surface area contributed by atoms with Gasteiger partial charge in [0.1, 0.15) is 12.1 Å². The standard InChI is InChI=1S/C17H22ClN3O3/c1-4-11(3)19-14(22)10-21-15(23)17(5-2,20-16(21)24)12-6-8-13(18)9-7-12/h6-9,11H,4-5,10H2,1-3H3,(H,19,22)(H,20,24). The Bertz CT molecular complexity index is 647. The number of carbonyl (C=O) groups excluding carboxylic acids is 3. The summed E-state index contributed by atoms with van der Waals surface area (Å²) >= 11 is 5.90. The van der Waals surface area contributed by atoms with Gasteiger partial charge in [0.05, 0.1) is 0 Å². The second-order valence-corrected chi connectivity index (χ2v) is 6.40. The lowest BCUT2D eigenvalue weighted by atomic mass is 9.87. The Morgan fingerprint density at radius 3 is 2.46 bits per heavy atom. The molecular formula is C17H22ClN3O3. The van der Waals surface area contributed by atoms with Gasteiger partial charge in [-0.25, -0.2) is 4.79 Å². The molecule has 4 amide bonds. The second-order valence-electron chi connectivity index (χ2n) is 5.96. The van der Waals surface area contributed by atoms with Crippen molar-refractivity contribution in [2.24, 2.45) is 0 Å². The van der Waals surface area contributed by atoms with Crippen LogP contribution in [0.5, 0.6) is 0 Å². The quantitative estimate of drug-likeness (QED) is 0.772. The van der Waals surface area contributed by atoms with E-state index < -0.39 is 17.5 Å². The highest BCUT2D eigenvalue weighted by atomic mass is 35.5. The highest BCUT2D eigenvalue weighted by Gasteiger charge is 2.51. The lowest BCUT2D eigenvalue weighted by Gasteiger charge is -2.25. The number of hydrogen-bond acceptors (Lipinski definition) is 3. The number of halogens is 1. The van der Waals surface area contributed by atoms with Crippen molar-refractivity contribution in [3.05, 3.63) is 34.9 Å². The van der Waals surface area contributed by atoms with Gasteiger partial charge in [0.25, 0.3) is 5.91 Å². The number of hydrogen-bond donors (Lipinski definition) is 2. The predicted molar refractivity (Wildman–Crippen MR) is 91.6 cm³/mol. The first kappa shape index (κ1) is 18.3. The van der Waals surface area contributed by atoms with Crippen molar-refractivity contribution < 1.29 is 14.4 Å². The van der Waals surface area contributed by atoms with Gasteiger partial charge in [0.2, 0.25) is 5.91 Å². The van der Waals surface area contributed by atoms with Crippen LogP contribution in [0.25, 0.3) is 0 Å². The fourth-order valence-electron chi connectivity index (χ4n) is 2.71. The number of imide groups is 1. The molecule has 0 spiro atoms. The van der Waals surface area contributed by atoms with E-state index in [4.69, 9.17) is 11.6 Å². The zero-order valence-corrected chi connectivity index (χ0v) is 14.8. The molecule has 0 aliphatic carbocycles. The lowest BCUT2D eigenvalue weighted by molar-refractivity contribution is -0.135. The largest absolute Gasteiger partial charge is 0.352 e. The van der Waals surface area contributed by atoms with Crippen molar-refractivity contribution in [2.45, 2.75) is 45.2 Å². The zero-order chi connectivity index (χ0) is 17.9. The van der Waals surface area contributed by atoms with Gasteiger partial charge in [0, 0.05) is 11.1 Å². The van der Waals surface area contributed by atoms with Crippen molar-refractivity contribution in [1.82, 2.24) is 15.5 Å². The third kappa shape index (κ3) is 3.38. The van der Waals surface area contributed by atoms with Crippen LogP contribution in [0.15, 0.2) is 24.3 Å². The summed E-state index contributed by atoms with van der Waals surface area (Å²) in [7, 11) is 0. The molecule has 1 saturated heterocycles. The highest BCUT2D eigenvalue weighted by molar-refractivity contribution is 6.30. The normalized spacial score (nSPS) is 21.6. The first-order valence-corrected chi connectivity index (χ1v) is 8.41. The molecule has 1 aromatic rings. The number of urea groups is 1. The maximum Gasteiger partial charge on any atom is 0.325 e. The summed E-state index contributed by atoms with van der Waals surface area (Å²) in [6.07, 6.45) is 1.15. The van der Waals surface area contributed by atoms with E-state index in [1.165, 1.54) is 0 Å². The Hall–Kier alpha value is -2.08. The van der Waals surface area contributed by atoms with E-state index >= 15 is 0 Å². The van der Waals surface area contributed by atoms with Crippen LogP contribution < -0.4 is 10.6 Å². The van der Waals surface area contributed by atoms with Crippen LogP contribution >= 0.6 is 11.6 Å². The fourth-order valence-corrected chi connectivity index (χ4v) is 2.84. The van der Waals surface area contributed by atoms with E-state index in [9.17, 15) is 14.4 Å². The van der Waals surface area contributed by atoms with Crippen molar-refractivity contribution in [1.29, 1.82) is 0 Å². The number of benzene rings is 1. The minimum absolute atomic E-state index is 0.00883. The van der Waals surface area contributed by atoms with E-state index in [1.54, 1.807) is 24.3 Å². The molecule has 1 aliphatic heterocycles. The van der Waals surface area contributed by atoms with E-state index in [2.05, 4.69) is 10.6 Å². The monoisotopic (exact) mass is 351 g/mol. The molecule has 2 rings (SSSR count). The number of amides is 4. The molecule has 1 fully saturated rings. The lowest BCUT2D eigenvalue weighted by Crippen LogP contribution is -2.45. The molecular weight excluding hydrogens is 330 g/mol. The minimum Gasteiger partial charge on any atom is -0.352 e. The second kappa shape index (κ2) is 7.21. The van der Waals surface area contributed by atoms with Gasteiger partial charge in [-0.05, 0) is 37.5 Å². The van der Waals surface area contributed by atoms with Crippen LogP contribution in [-0.4, -0.2) is 35.3 Å². The van der Waals surface area contributed by atoms with Gasteiger partial charge in [-0.15, -0.1) is 0 Å². The van der Waals surface area contributed by atoms with Crippen LogP contribution in [-0.2, 0) is 15.1 Å². The first-order chi connectivity index (χ1) is 11.3. The molecule has 1 aromatic carbocycles. The molecule has 24 heavy (non-hydrogen) atoms. The first-order valence-electron chi connectivity index (χ1n) is 8.03. The average molecular weight is 352 g/mol. The summed E-state index contributed by atoms with van der Waals surface area (Å²) in [6.45, 7) is 5.34. The third-order valence-electron chi connectivity index (χ3n) is 4.36. The SMILES string of the molecule is CCC(C)NC(=O)CN1C(=O)NC(CC)(c2ccc(Cl)cc2)C1=O. The van der Waals surface area contributed by atoms with Crippen LogP contribution in [0.2, 0.25) is 5.02 Å². The molecule has 130 valence electrons. The summed E-state index contributed by atoms with van der Waals surface area (Å²) in [5.74, 6) is -0.771. The van der Waals surface area contributed by atoms with Gasteiger partial charge in [0.15, 0.2) is 0 Å². The Labute approximate surface area is 146 Å². The molecule has 0 aromatic heterocycles. The average Bonchev–Trinajstić information content (AvgIpc) is 2.80. The summed E-state index contributed by atoms with van der Waals surface area (Å²) in [4.78, 5) is 38.2. The van der Waals surface area contributed by atoms with Crippen LogP contribution in [0.4, 0.5) is 4.79 Å². The Morgan fingerprint density at radius 2 is 1.92 bits per heavy atom. The van der Waals surface area contributed by atoms with Crippen LogP contribution in [0.1, 0.15) is 39.2 Å². The molecule has 0 bridgehead atoms. The van der Waals surface area contributed by atoms with Gasteiger partial charge in [-0.1, -0.05) is 37.6 Å². The predicted octanol–water partition coefficient (Wildman–Crippen LogP) is 2.41. The summed E-state index contributed by atoms with van der Waals surface area (Å²) in [6, 6.07) is 6.21. The third-order valence-corrected chi connectivity index (χ3v) is 4.62.